The van der Waals surface area contributed by atoms with Crippen molar-refractivity contribution >= 4 is 11.9 Å². The number of primary amides is 1. The molecule has 3 unspecified atom stereocenters. The van der Waals surface area contributed by atoms with E-state index < -0.39 is 12.1 Å². The van der Waals surface area contributed by atoms with Gasteiger partial charge in [-0.05, 0) is 18.8 Å². The lowest BCUT2D eigenvalue weighted by Crippen LogP contribution is -2.54. The molecule has 0 spiro atoms. The van der Waals surface area contributed by atoms with Gasteiger partial charge in [-0.15, -0.1) is 0 Å². The number of carbonyl (C=O) groups excluding carboxylic acids is 2. The average molecular weight is 257 g/mol. The molecular formula is C12H23N3O3. The van der Waals surface area contributed by atoms with Crippen molar-refractivity contribution in [1.82, 2.24) is 10.2 Å². The highest BCUT2D eigenvalue weighted by Crippen LogP contribution is 2.20. The highest BCUT2D eigenvalue weighted by Gasteiger charge is 2.35. The lowest BCUT2D eigenvalue weighted by atomic mass is 9.97. The molecule has 4 N–H and O–H groups in total. The van der Waals surface area contributed by atoms with E-state index in [0.717, 1.165) is 19.3 Å². The third-order valence-electron chi connectivity index (χ3n) is 3.65. The minimum absolute atomic E-state index is 0.0185. The number of urea groups is 1. The molecule has 0 aromatic heterocycles. The van der Waals surface area contributed by atoms with Gasteiger partial charge in [0.1, 0.15) is 6.04 Å². The molecule has 6 nitrogen and oxygen atoms in total. The molecule has 1 rings (SSSR count). The smallest absolute Gasteiger partial charge is 0.312 e. The van der Waals surface area contributed by atoms with Crippen LogP contribution in [0.5, 0.6) is 0 Å². The number of amides is 3. The summed E-state index contributed by atoms with van der Waals surface area (Å²) in [5.74, 6) is -0.121. The summed E-state index contributed by atoms with van der Waals surface area (Å²) < 4.78 is 0. The van der Waals surface area contributed by atoms with E-state index in [4.69, 9.17) is 5.73 Å². The van der Waals surface area contributed by atoms with Crippen molar-refractivity contribution in [2.24, 2.45) is 11.7 Å². The fraction of sp³-hybridized carbons (Fsp3) is 0.833. The Labute approximate surface area is 108 Å². The zero-order valence-electron chi connectivity index (χ0n) is 11.1. The Morgan fingerprint density at radius 2 is 2.22 bits per heavy atom. The maximum absolute atomic E-state index is 12.4. The molecule has 1 fully saturated rings. The van der Waals surface area contributed by atoms with Crippen molar-refractivity contribution < 1.29 is 14.7 Å². The van der Waals surface area contributed by atoms with E-state index in [0.29, 0.717) is 6.54 Å². The van der Waals surface area contributed by atoms with E-state index in [1.54, 1.807) is 4.90 Å². The normalized spacial score (nSPS) is 22.6. The van der Waals surface area contributed by atoms with Crippen LogP contribution in [0, 0.1) is 5.92 Å². The number of likely N-dealkylation sites (tertiary alicyclic amines) is 1. The standard InChI is InChI=1S/C12H23N3O3/c1-3-8(2)10(14-12(13)18)11(17)15-6-4-5-9(15)7-16/h8-10,16H,3-7H2,1-2H3,(H3,13,14,18). The molecule has 0 bridgehead atoms. The van der Waals surface area contributed by atoms with Gasteiger partial charge in [0.2, 0.25) is 5.91 Å². The number of nitrogens with zero attached hydrogens (tertiary/aromatic N) is 1. The van der Waals surface area contributed by atoms with Crippen LogP contribution < -0.4 is 11.1 Å². The molecule has 6 heteroatoms. The van der Waals surface area contributed by atoms with Crippen molar-refractivity contribution in [2.75, 3.05) is 13.2 Å². The first-order chi connectivity index (χ1) is 8.51. The Morgan fingerprint density at radius 3 is 2.72 bits per heavy atom. The van der Waals surface area contributed by atoms with Gasteiger partial charge in [0.15, 0.2) is 0 Å². The number of aliphatic hydroxyl groups excluding tert-OH is 1. The first-order valence-electron chi connectivity index (χ1n) is 6.48. The monoisotopic (exact) mass is 257 g/mol. The highest BCUT2D eigenvalue weighted by molar-refractivity contribution is 5.87. The lowest BCUT2D eigenvalue weighted by molar-refractivity contribution is -0.136. The molecule has 104 valence electrons. The first kappa shape index (κ1) is 14.8. The predicted octanol–water partition coefficient (Wildman–Crippen LogP) is 0.0527. The van der Waals surface area contributed by atoms with Gasteiger partial charge in [0.05, 0.1) is 12.6 Å². The minimum Gasteiger partial charge on any atom is -0.394 e. The van der Waals surface area contributed by atoms with Gasteiger partial charge in [-0.25, -0.2) is 4.79 Å². The van der Waals surface area contributed by atoms with Crippen LogP contribution in [0.3, 0.4) is 0 Å². The van der Waals surface area contributed by atoms with Crippen LogP contribution in [-0.4, -0.2) is 47.2 Å². The molecule has 1 aliphatic rings. The van der Waals surface area contributed by atoms with Crippen molar-refractivity contribution in [3.05, 3.63) is 0 Å². The van der Waals surface area contributed by atoms with E-state index in [1.807, 2.05) is 13.8 Å². The predicted molar refractivity (Wildman–Crippen MR) is 67.8 cm³/mol. The van der Waals surface area contributed by atoms with Gasteiger partial charge in [0, 0.05) is 6.54 Å². The molecule has 1 aliphatic heterocycles. The van der Waals surface area contributed by atoms with Gasteiger partial charge in [-0.1, -0.05) is 20.3 Å². The number of nitrogens with two attached hydrogens (primary N) is 1. The molecule has 3 atom stereocenters. The minimum atomic E-state index is -0.687. The molecular weight excluding hydrogens is 234 g/mol. The fourth-order valence-electron chi connectivity index (χ4n) is 2.33. The molecule has 1 saturated heterocycles. The quantitative estimate of drug-likeness (QED) is 0.649. The van der Waals surface area contributed by atoms with E-state index in [2.05, 4.69) is 5.32 Å². The van der Waals surface area contributed by atoms with Gasteiger partial charge >= 0.3 is 6.03 Å². The summed E-state index contributed by atoms with van der Waals surface area (Å²) >= 11 is 0. The summed E-state index contributed by atoms with van der Waals surface area (Å²) in [7, 11) is 0. The molecule has 0 aliphatic carbocycles. The molecule has 0 aromatic carbocycles. The van der Waals surface area contributed by atoms with Crippen LogP contribution in [0.1, 0.15) is 33.1 Å². The van der Waals surface area contributed by atoms with E-state index in [1.165, 1.54) is 0 Å². The van der Waals surface area contributed by atoms with Crippen molar-refractivity contribution in [3.63, 3.8) is 0 Å². The zero-order chi connectivity index (χ0) is 13.7. The lowest BCUT2D eigenvalue weighted by Gasteiger charge is -2.30. The summed E-state index contributed by atoms with van der Waals surface area (Å²) in [6, 6.07) is -1.41. The first-order valence-corrected chi connectivity index (χ1v) is 6.48. The molecule has 0 saturated carbocycles. The second kappa shape index (κ2) is 6.58. The van der Waals surface area contributed by atoms with Gasteiger partial charge < -0.3 is 21.1 Å². The van der Waals surface area contributed by atoms with Crippen molar-refractivity contribution in [3.8, 4) is 0 Å². The third kappa shape index (κ3) is 3.35. The van der Waals surface area contributed by atoms with Crippen molar-refractivity contribution in [2.45, 2.75) is 45.2 Å². The third-order valence-corrected chi connectivity index (χ3v) is 3.65. The highest BCUT2D eigenvalue weighted by atomic mass is 16.3. The van der Waals surface area contributed by atoms with Gasteiger partial charge in [-0.3, -0.25) is 4.79 Å². The van der Waals surface area contributed by atoms with Gasteiger partial charge in [-0.2, -0.15) is 0 Å². The maximum atomic E-state index is 12.4. The molecule has 1 heterocycles. The van der Waals surface area contributed by atoms with E-state index in [-0.39, 0.29) is 24.5 Å². The van der Waals surface area contributed by atoms with Crippen LogP contribution in [-0.2, 0) is 4.79 Å². The number of carbonyl (C=O) groups is 2. The fourth-order valence-corrected chi connectivity index (χ4v) is 2.33. The Bertz CT molecular complexity index is 309. The summed E-state index contributed by atoms with van der Waals surface area (Å²) in [6.45, 7) is 4.47. The molecule has 0 radical (unpaired) electrons. The van der Waals surface area contributed by atoms with Gasteiger partial charge in [0.25, 0.3) is 0 Å². The van der Waals surface area contributed by atoms with Crippen LogP contribution >= 0.6 is 0 Å². The molecule has 3 amide bonds. The Balaban J connectivity index is 2.77. The summed E-state index contributed by atoms with van der Waals surface area (Å²) in [5.41, 5.74) is 5.12. The topological polar surface area (TPSA) is 95.7 Å². The van der Waals surface area contributed by atoms with Crippen LogP contribution in [0.25, 0.3) is 0 Å². The summed E-state index contributed by atoms with van der Waals surface area (Å²) in [6.07, 6.45) is 2.47. The van der Waals surface area contributed by atoms with Crippen LogP contribution in [0.15, 0.2) is 0 Å². The number of hydrogen-bond acceptors (Lipinski definition) is 3. The van der Waals surface area contributed by atoms with Crippen LogP contribution in [0.2, 0.25) is 0 Å². The van der Waals surface area contributed by atoms with Crippen LogP contribution in [0.4, 0.5) is 4.79 Å². The number of nitrogens with one attached hydrogen (secondary N) is 1. The largest absolute Gasteiger partial charge is 0.394 e. The number of rotatable bonds is 5. The molecule has 18 heavy (non-hydrogen) atoms. The van der Waals surface area contributed by atoms with Crippen molar-refractivity contribution in [1.29, 1.82) is 0 Å². The second-order valence-corrected chi connectivity index (χ2v) is 4.88. The second-order valence-electron chi connectivity index (χ2n) is 4.88. The Hall–Kier alpha value is -1.30. The molecule has 0 aromatic rings. The average Bonchev–Trinajstić information content (AvgIpc) is 2.82. The summed E-state index contributed by atoms with van der Waals surface area (Å²) in [5, 5.41) is 11.8. The zero-order valence-corrected chi connectivity index (χ0v) is 11.1. The Kier molecular flexibility index (Phi) is 5.40. The SMILES string of the molecule is CCC(C)C(NC(N)=O)C(=O)N1CCCC1CO. The number of aliphatic hydroxyl groups is 1. The van der Waals surface area contributed by atoms with E-state index >= 15 is 0 Å². The number of hydrogen-bond donors (Lipinski definition) is 3. The maximum Gasteiger partial charge on any atom is 0.312 e. The van der Waals surface area contributed by atoms with E-state index in [9.17, 15) is 14.7 Å². The Morgan fingerprint density at radius 1 is 1.56 bits per heavy atom. The summed E-state index contributed by atoms with van der Waals surface area (Å²) in [4.78, 5) is 25.0.